The van der Waals surface area contributed by atoms with Gasteiger partial charge in [0.1, 0.15) is 23.6 Å². The maximum absolute atomic E-state index is 13.1. The summed E-state index contributed by atoms with van der Waals surface area (Å²) in [5, 5.41) is 26.7. The zero-order valence-electron chi connectivity index (χ0n) is 46.1. The summed E-state index contributed by atoms with van der Waals surface area (Å²) in [6.07, 6.45) is 11.3. The Morgan fingerprint density at radius 2 is 1.17 bits per heavy atom. The molecule has 2 aromatic heterocycles. The van der Waals surface area contributed by atoms with Gasteiger partial charge < -0.3 is 30.5 Å². The first-order chi connectivity index (χ1) is 38.8. The Morgan fingerprint density at radius 3 is 1.62 bits per heavy atom. The maximum atomic E-state index is 13.1. The van der Waals surface area contributed by atoms with E-state index >= 15 is 0 Å². The van der Waals surface area contributed by atoms with Crippen LogP contribution in [0.15, 0.2) is 163 Å². The minimum atomic E-state index is -0.533. The van der Waals surface area contributed by atoms with E-state index in [9.17, 15) is 22.8 Å². The third-order valence-corrected chi connectivity index (χ3v) is 14.5. The maximum Gasteiger partial charge on any atom is 1.00 e. The number of fused-ring (bicyclic) bond motifs is 2. The fourth-order valence-electron chi connectivity index (χ4n) is 9.68. The number of carbonyl (C=O) groups excluding carboxylic acids is 1. The molecule has 428 valence electrons. The zero-order valence-corrected chi connectivity index (χ0v) is 49.4. The summed E-state index contributed by atoms with van der Waals surface area (Å²) in [6, 6.07) is 31.1. The number of benzene rings is 5. The van der Waals surface area contributed by atoms with Gasteiger partial charge in [0.15, 0.2) is 16.3 Å². The molecule has 0 radical (unpaired) electrons. The van der Waals surface area contributed by atoms with Crippen molar-refractivity contribution in [1.29, 1.82) is 0 Å². The van der Waals surface area contributed by atoms with Gasteiger partial charge >= 0.3 is 47.5 Å². The molecule has 3 fully saturated rings. The zero-order chi connectivity index (χ0) is 57.2. The Morgan fingerprint density at radius 1 is 0.728 bits per heavy atom. The third-order valence-electron chi connectivity index (χ3n) is 13.8. The topological polar surface area (TPSA) is 211 Å². The van der Waals surface area contributed by atoms with Gasteiger partial charge in [0.05, 0.1) is 16.7 Å². The number of aromatic amines is 2. The number of piperidine rings is 3. The fraction of sp³-hybridized carbons (Fsp3) is 0.339. The molecule has 0 bridgehead atoms. The van der Waals surface area contributed by atoms with Crippen LogP contribution >= 0.6 is 27.5 Å². The number of hydrogen-bond acceptors (Lipinski definition) is 14. The van der Waals surface area contributed by atoms with Crippen LogP contribution in [0.1, 0.15) is 91.9 Å². The molecule has 0 spiro atoms. The van der Waals surface area contributed by atoms with E-state index in [-0.39, 0.29) is 66.2 Å². The largest absolute Gasteiger partial charge is 1.00 e. The SMILES string of the molecule is C=CCBr.C=CCN1CCC(c2ccc(F)cc2)CC1.Fc1ccc(C2CCNCC2)cc1.O=COO.O=c1[nH]c2ccc(C(Cl)=NO)cc2o1.O=c1[nH]c2ccc(C3=NOC(CN4CCC(c5ccc(F)cc5)CC4)C3)cc2o1.[H-].[Na+]. The van der Waals surface area contributed by atoms with Gasteiger partial charge in [-0.2, -0.15) is 0 Å². The van der Waals surface area contributed by atoms with Gasteiger partial charge in [-0.15, -0.1) is 13.2 Å². The minimum absolute atomic E-state index is 0. The van der Waals surface area contributed by atoms with Gasteiger partial charge in [-0.05, 0) is 179 Å². The van der Waals surface area contributed by atoms with Crippen LogP contribution in [0.2, 0.25) is 0 Å². The van der Waals surface area contributed by atoms with E-state index in [0.717, 1.165) is 88.2 Å². The van der Waals surface area contributed by atoms with Crippen LogP contribution in [-0.4, -0.2) is 111 Å². The molecular formula is C59H67BrClF3N7NaO9. The second-order valence-electron chi connectivity index (χ2n) is 19.1. The molecule has 1 unspecified atom stereocenters. The van der Waals surface area contributed by atoms with Crippen LogP contribution in [0.3, 0.4) is 0 Å². The van der Waals surface area contributed by atoms with E-state index in [4.69, 9.17) is 40.5 Å². The van der Waals surface area contributed by atoms with Crippen LogP contribution < -0.4 is 46.4 Å². The van der Waals surface area contributed by atoms with Crippen molar-refractivity contribution in [2.24, 2.45) is 10.3 Å². The van der Waals surface area contributed by atoms with E-state index in [1.807, 2.05) is 60.7 Å². The number of H-pyrrole nitrogens is 2. The second kappa shape index (κ2) is 35.0. The number of carbonyl (C=O) groups is 1. The molecule has 3 saturated heterocycles. The molecule has 11 rings (SSSR count). The number of aromatic nitrogens is 2. The van der Waals surface area contributed by atoms with Gasteiger partial charge in [-0.1, -0.05) is 92.5 Å². The van der Waals surface area contributed by atoms with E-state index in [2.05, 4.69) is 69.4 Å². The van der Waals surface area contributed by atoms with Crippen molar-refractivity contribution in [3.8, 4) is 0 Å². The summed E-state index contributed by atoms with van der Waals surface area (Å²) in [5.74, 6) is 0.260. The first kappa shape index (κ1) is 65.7. The molecule has 7 aromatic rings. The summed E-state index contributed by atoms with van der Waals surface area (Å²) >= 11 is 8.70. The number of oxime groups is 2. The van der Waals surface area contributed by atoms with Crippen LogP contribution in [0.4, 0.5) is 13.2 Å². The number of likely N-dealkylation sites (tertiary alicyclic amines) is 2. The quantitative estimate of drug-likeness (QED) is 0.0120. The van der Waals surface area contributed by atoms with Gasteiger partial charge in [0.2, 0.25) is 0 Å². The molecule has 6 heterocycles. The molecule has 22 heteroatoms. The first-order valence-corrected chi connectivity index (χ1v) is 27.6. The number of halogens is 5. The van der Waals surface area contributed by atoms with Crippen LogP contribution in [0.5, 0.6) is 0 Å². The molecule has 0 amide bonds. The molecule has 16 nitrogen and oxygen atoms in total. The molecule has 5 N–H and O–H groups in total. The Bertz CT molecular complexity index is 3190. The van der Waals surface area contributed by atoms with E-state index in [0.29, 0.717) is 45.5 Å². The average molecular weight is 1210 g/mol. The molecule has 0 aliphatic carbocycles. The third kappa shape index (κ3) is 21.3. The molecular weight excluding hydrogens is 1150 g/mol. The van der Waals surface area contributed by atoms with Gasteiger partial charge in [0.25, 0.3) is 0 Å². The summed E-state index contributed by atoms with van der Waals surface area (Å²) in [6.45, 7) is 15.3. The predicted octanol–water partition coefficient (Wildman–Crippen LogP) is 8.93. The van der Waals surface area contributed by atoms with Crippen LogP contribution in [0.25, 0.3) is 22.2 Å². The van der Waals surface area contributed by atoms with E-state index in [1.165, 1.54) is 48.4 Å². The van der Waals surface area contributed by atoms with Crippen molar-refractivity contribution in [2.75, 3.05) is 57.7 Å². The number of alkyl halides is 1. The molecule has 1 atom stereocenters. The number of allylic oxidation sites excluding steroid dienone is 1. The molecule has 81 heavy (non-hydrogen) atoms. The van der Waals surface area contributed by atoms with Gasteiger partial charge in [-0.3, -0.25) is 24.6 Å². The van der Waals surface area contributed by atoms with Crippen molar-refractivity contribution in [1.82, 2.24) is 25.1 Å². The molecule has 4 aliphatic heterocycles. The fourth-order valence-corrected chi connectivity index (χ4v) is 9.80. The van der Waals surface area contributed by atoms with Crippen LogP contribution in [0, 0.1) is 17.5 Å². The predicted molar refractivity (Wildman–Crippen MR) is 310 cm³/mol. The standard InChI is InChI=1S/C22H22FN3O3.C14H18FN.C11H14FN.C8H5ClN2O3.C3H5Br.CH2O3.Na.H/c23-17-4-1-14(2-5-17)15-7-9-26(10-8-15)13-18-12-20(25-29-18)16-3-6-19-21(11-16)28-22(27)24-19;1-2-9-16-10-7-13(8-11-16)12-3-5-14(15)6-4-12;12-11-3-1-9(2-4-11)10-5-7-13-8-6-10;9-7(11-13)4-1-2-5-6(3-4)14-8(12)10-5;1-2-3-4;2-1-4-3;;/h1-6,11,15,18H,7-10,12-13H2,(H,24,27);2-6,13H,1,7-11H2;1-4,10,13H,5-8H2;1-3,13H,(H,10,12);2H,1,3H2;1,3H;;/q;;;;;;+1;-1. The van der Waals surface area contributed by atoms with Crippen molar-refractivity contribution >= 4 is 67.1 Å². The van der Waals surface area contributed by atoms with Gasteiger partial charge in [0, 0.05) is 36.0 Å². The molecule has 0 saturated carbocycles. The number of hydrogen-bond donors (Lipinski definition) is 5. The summed E-state index contributed by atoms with van der Waals surface area (Å²) in [5.41, 5.74) is 8.20. The second-order valence-corrected chi connectivity index (χ2v) is 20.1. The summed E-state index contributed by atoms with van der Waals surface area (Å²) < 4.78 is 48.5. The van der Waals surface area contributed by atoms with Crippen molar-refractivity contribution in [3.05, 3.63) is 201 Å². The normalized spacial score (nSPS) is 16.8. The van der Waals surface area contributed by atoms with Crippen molar-refractivity contribution < 1.29 is 78.0 Å². The monoisotopic (exact) mass is 1210 g/mol. The number of rotatable bonds is 11. The smallest absolute Gasteiger partial charge is 1.00 e. The van der Waals surface area contributed by atoms with Crippen LogP contribution in [-0.2, 0) is 14.5 Å². The average Bonchev–Trinajstić information content (AvgIpc) is 4.25. The Hall–Kier alpha value is -6.07. The Kier molecular flexibility index (Phi) is 28.4. The minimum Gasteiger partial charge on any atom is -1.00 e. The molecule has 4 aliphatic rings. The van der Waals surface area contributed by atoms with Gasteiger partial charge in [-0.25, -0.2) is 28.0 Å². The molecule has 5 aromatic carbocycles. The Balaban J connectivity index is 0.000000235. The summed E-state index contributed by atoms with van der Waals surface area (Å²) in [4.78, 5) is 49.3. The first-order valence-electron chi connectivity index (χ1n) is 26.1. The number of nitrogens with zero attached hydrogens (tertiary/aromatic N) is 4. The van der Waals surface area contributed by atoms with Crippen molar-refractivity contribution in [2.45, 2.75) is 68.8 Å². The van der Waals surface area contributed by atoms with Crippen molar-refractivity contribution in [3.63, 3.8) is 0 Å². The van der Waals surface area contributed by atoms with E-state index < -0.39 is 11.5 Å². The van der Waals surface area contributed by atoms with E-state index in [1.54, 1.807) is 54.6 Å². The number of nitrogens with one attached hydrogen (secondary N) is 3. The summed E-state index contributed by atoms with van der Waals surface area (Å²) in [7, 11) is 0. The number of oxazole rings is 2. The Labute approximate surface area is 504 Å².